The van der Waals surface area contributed by atoms with Gasteiger partial charge in [-0.05, 0) is 29.2 Å². The highest BCUT2D eigenvalue weighted by Gasteiger charge is 2.28. The SMILES string of the molecule is CC(=O)N(Cc1ccc(F)cc1)C(Cc1ccccc1)C(=O)NCC(C)C. The van der Waals surface area contributed by atoms with E-state index < -0.39 is 6.04 Å². The first-order chi connectivity index (χ1) is 12.9. The minimum atomic E-state index is -0.631. The van der Waals surface area contributed by atoms with Crippen LogP contribution in [0.15, 0.2) is 54.6 Å². The molecule has 0 aromatic heterocycles. The van der Waals surface area contributed by atoms with E-state index in [0.717, 1.165) is 11.1 Å². The molecular formula is C22H27FN2O2. The topological polar surface area (TPSA) is 49.4 Å². The molecule has 1 N–H and O–H groups in total. The monoisotopic (exact) mass is 370 g/mol. The molecule has 2 aromatic carbocycles. The van der Waals surface area contributed by atoms with Crippen LogP contribution in [0, 0.1) is 11.7 Å². The molecule has 2 aromatic rings. The second kappa shape index (κ2) is 9.86. The number of nitrogens with zero attached hydrogens (tertiary/aromatic N) is 1. The normalized spacial score (nSPS) is 11.9. The van der Waals surface area contributed by atoms with Crippen LogP contribution in [0.4, 0.5) is 4.39 Å². The number of carbonyl (C=O) groups is 2. The van der Waals surface area contributed by atoms with Crippen molar-refractivity contribution < 1.29 is 14.0 Å². The van der Waals surface area contributed by atoms with E-state index in [1.165, 1.54) is 19.1 Å². The lowest BCUT2D eigenvalue weighted by molar-refractivity contribution is -0.139. The number of amides is 2. The molecule has 27 heavy (non-hydrogen) atoms. The summed E-state index contributed by atoms with van der Waals surface area (Å²) in [6.45, 7) is 6.30. The Morgan fingerprint density at radius 3 is 2.19 bits per heavy atom. The van der Waals surface area contributed by atoms with Crippen LogP contribution in [-0.2, 0) is 22.6 Å². The van der Waals surface area contributed by atoms with E-state index >= 15 is 0 Å². The summed E-state index contributed by atoms with van der Waals surface area (Å²) in [6.07, 6.45) is 0.422. The second-order valence-electron chi connectivity index (χ2n) is 7.12. The van der Waals surface area contributed by atoms with Crippen LogP contribution >= 0.6 is 0 Å². The van der Waals surface area contributed by atoms with E-state index in [1.54, 1.807) is 17.0 Å². The minimum absolute atomic E-state index is 0.176. The zero-order valence-electron chi connectivity index (χ0n) is 16.1. The van der Waals surface area contributed by atoms with Crippen molar-refractivity contribution in [2.24, 2.45) is 5.92 Å². The Morgan fingerprint density at radius 2 is 1.63 bits per heavy atom. The van der Waals surface area contributed by atoms with Crippen molar-refractivity contribution in [2.45, 2.75) is 39.8 Å². The summed E-state index contributed by atoms with van der Waals surface area (Å²) in [6, 6.07) is 15.0. The number of carbonyl (C=O) groups excluding carboxylic acids is 2. The van der Waals surface area contributed by atoms with Crippen molar-refractivity contribution in [3.05, 3.63) is 71.5 Å². The van der Waals surface area contributed by atoms with Crippen molar-refractivity contribution in [2.75, 3.05) is 6.54 Å². The van der Waals surface area contributed by atoms with Crippen LogP contribution in [-0.4, -0.2) is 29.3 Å². The molecule has 0 aliphatic rings. The molecule has 2 rings (SSSR count). The fourth-order valence-electron chi connectivity index (χ4n) is 2.83. The molecule has 1 unspecified atom stereocenters. The van der Waals surface area contributed by atoms with E-state index in [2.05, 4.69) is 5.32 Å². The number of hydrogen-bond donors (Lipinski definition) is 1. The van der Waals surface area contributed by atoms with Crippen LogP contribution in [0.3, 0.4) is 0 Å². The van der Waals surface area contributed by atoms with E-state index in [1.807, 2.05) is 44.2 Å². The van der Waals surface area contributed by atoms with Gasteiger partial charge in [-0.1, -0.05) is 56.3 Å². The molecule has 144 valence electrons. The highest BCUT2D eigenvalue weighted by Crippen LogP contribution is 2.15. The predicted molar refractivity (Wildman–Crippen MR) is 104 cm³/mol. The lowest BCUT2D eigenvalue weighted by atomic mass is 10.0. The number of halogens is 1. The summed E-state index contributed by atoms with van der Waals surface area (Å²) in [5.74, 6) is -0.386. The number of nitrogens with one attached hydrogen (secondary N) is 1. The maximum absolute atomic E-state index is 13.2. The highest BCUT2D eigenvalue weighted by atomic mass is 19.1. The number of hydrogen-bond acceptors (Lipinski definition) is 2. The Hall–Kier alpha value is -2.69. The molecule has 0 spiro atoms. The van der Waals surface area contributed by atoms with Gasteiger partial charge in [-0.25, -0.2) is 4.39 Å². The molecule has 0 aliphatic carbocycles. The van der Waals surface area contributed by atoms with Gasteiger partial charge in [0, 0.05) is 26.4 Å². The van der Waals surface area contributed by atoms with E-state index in [4.69, 9.17) is 0 Å². The molecule has 0 fully saturated rings. The largest absolute Gasteiger partial charge is 0.354 e. The molecule has 0 aliphatic heterocycles. The Morgan fingerprint density at radius 1 is 1.00 bits per heavy atom. The molecule has 4 nitrogen and oxygen atoms in total. The maximum atomic E-state index is 13.2. The summed E-state index contributed by atoms with van der Waals surface area (Å²) in [5, 5.41) is 2.94. The van der Waals surface area contributed by atoms with Crippen molar-refractivity contribution in [3.63, 3.8) is 0 Å². The van der Waals surface area contributed by atoms with Crippen molar-refractivity contribution >= 4 is 11.8 Å². The summed E-state index contributed by atoms with van der Waals surface area (Å²) in [7, 11) is 0. The lowest BCUT2D eigenvalue weighted by Crippen LogP contribution is -2.50. The van der Waals surface area contributed by atoms with Crippen LogP contribution < -0.4 is 5.32 Å². The molecular weight excluding hydrogens is 343 g/mol. The van der Waals surface area contributed by atoms with Gasteiger partial charge in [0.2, 0.25) is 11.8 Å². The summed E-state index contributed by atoms with van der Waals surface area (Å²) in [5.41, 5.74) is 1.76. The average molecular weight is 370 g/mol. The molecule has 5 heteroatoms. The van der Waals surface area contributed by atoms with Gasteiger partial charge in [-0.15, -0.1) is 0 Å². The fraction of sp³-hybridized carbons (Fsp3) is 0.364. The predicted octanol–water partition coefficient (Wildman–Crippen LogP) is 3.56. The zero-order chi connectivity index (χ0) is 19.8. The Balaban J connectivity index is 2.26. The van der Waals surface area contributed by atoms with Gasteiger partial charge in [0.1, 0.15) is 11.9 Å². The molecule has 1 atom stereocenters. The Bertz CT molecular complexity index is 745. The first kappa shape index (κ1) is 20.6. The van der Waals surface area contributed by atoms with Gasteiger partial charge in [-0.2, -0.15) is 0 Å². The number of rotatable bonds is 8. The summed E-state index contributed by atoms with van der Waals surface area (Å²) in [4.78, 5) is 26.8. The van der Waals surface area contributed by atoms with Gasteiger partial charge < -0.3 is 10.2 Å². The maximum Gasteiger partial charge on any atom is 0.243 e. The third-order valence-corrected chi connectivity index (χ3v) is 4.31. The Kier molecular flexibility index (Phi) is 7.53. The van der Waals surface area contributed by atoms with Crippen molar-refractivity contribution in [3.8, 4) is 0 Å². The van der Waals surface area contributed by atoms with Gasteiger partial charge in [-0.3, -0.25) is 9.59 Å². The Labute approximate surface area is 160 Å². The standard InChI is InChI=1S/C22H27FN2O2/c1-16(2)14-24-22(27)21(13-18-7-5-4-6-8-18)25(17(3)26)15-19-9-11-20(23)12-10-19/h4-12,16,21H,13-15H2,1-3H3,(H,24,27). The number of benzene rings is 2. The lowest BCUT2D eigenvalue weighted by Gasteiger charge is -2.30. The zero-order valence-corrected chi connectivity index (χ0v) is 16.1. The third-order valence-electron chi connectivity index (χ3n) is 4.31. The first-order valence-electron chi connectivity index (χ1n) is 9.20. The van der Waals surface area contributed by atoms with Gasteiger partial charge in [0.15, 0.2) is 0 Å². The quantitative estimate of drug-likeness (QED) is 0.772. The van der Waals surface area contributed by atoms with Crippen LogP contribution in [0.5, 0.6) is 0 Å². The second-order valence-corrected chi connectivity index (χ2v) is 7.12. The molecule has 0 bridgehead atoms. The van der Waals surface area contributed by atoms with Crippen molar-refractivity contribution in [1.82, 2.24) is 10.2 Å². The highest BCUT2D eigenvalue weighted by molar-refractivity contribution is 5.87. The van der Waals surface area contributed by atoms with E-state index in [-0.39, 0.29) is 24.2 Å². The van der Waals surface area contributed by atoms with Gasteiger partial charge in [0.25, 0.3) is 0 Å². The smallest absolute Gasteiger partial charge is 0.243 e. The van der Waals surface area contributed by atoms with Crippen LogP contribution in [0.25, 0.3) is 0 Å². The summed E-state index contributed by atoms with van der Waals surface area (Å²) >= 11 is 0. The van der Waals surface area contributed by atoms with Crippen molar-refractivity contribution in [1.29, 1.82) is 0 Å². The molecule has 0 heterocycles. The minimum Gasteiger partial charge on any atom is -0.354 e. The average Bonchev–Trinajstić information content (AvgIpc) is 2.64. The fourth-order valence-corrected chi connectivity index (χ4v) is 2.83. The van der Waals surface area contributed by atoms with Gasteiger partial charge >= 0.3 is 0 Å². The van der Waals surface area contributed by atoms with Crippen LogP contribution in [0.2, 0.25) is 0 Å². The molecule has 0 saturated heterocycles. The molecule has 0 saturated carbocycles. The van der Waals surface area contributed by atoms with Gasteiger partial charge in [0.05, 0.1) is 0 Å². The van der Waals surface area contributed by atoms with E-state index in [0.29, 0.717) is 18.9 Å². The summed E-state index contributed by atoms with van der Waals surface area (Å²) < 4.78 is 13.2. The molecule has 0 radical (unpaired) electrons. The third kappa shape index (κ3) is 6.51. The van der Waals surface area contributed by atoms with E-state index in [9.17, 15) is 14.0 Å². The molecule has 2 amide bonds. The van der Waals surface area contributed by atoms with Crippen LogP contribution in [0.1, 0.15) is 31.9 Å². The first-order valence-corrected chi connectivity index (χ1v) is 9.20.